The van der Waals surface area contributed by atoms with Crippen LogP contribution in [0.15, 0.2) is 60.2 Å². The Bertz CT molecular complexity index is 1450. The Morgan fingerprint density at radius 2 is 1.36 bits per heavy atom. The van der Waals surface area contributed by atoms with Crippen LogP contribution in [-0.2, 0) is 9.59 Å². The van der Waals surface area contributed by atoms with Crippen molar-refractivity contribution >= 4 is 57.7 Å². The fraction of sp³-hybridized carbons (Fsp3) is 0.241. The summed E-state index contributed by atoms with van der Waals surface area (Å²) in [6, 6.07) is 15.1. The first-order valence-electron chi connectivity index (χ1n) is 12.0. The molecule has 0 bridgehead atoms. The number of aliphatic hydroxyl groups excluding tert-OH is 1. The number of rotatable bonds is 7. The minimum atomic E-state index is -0.934. The quantitative estimate of drug-likeness (QED) is 0.220. The van der Waals surface area contributed by atoms with Gasteiger partial charge in [-0.15, -0.1) is 0 Å². The van der Waals surface area contributed by atoms with Gasteiger partial charge in [0.15, 0.2) is 11.5 Å². The van der Waals surface area contributed by atoms with Crippen LogP contribution in [0.3, 0.4) is 0 Å². The molecule has 4 rings (SSSR count). The lowest BCUT2D eigenvalue weighted by atomic mass is 9.94. The zero-order chi connectivity index (χ0) is 28.6. The van der Waals surface area contributed by atoms with Crippen molar-refractivity contribution < 1.29 is 24.2 Å². The summed E-state index contributed by atoms with van der Waals surface area (Å²) in [7, 11) is 10.4. The van der Waals surface area contributed by atoms with Gasteiger partial charge in [0.2, 0.25) is 0 Å². The first-order valence-corrected chi connectivity index (χ1v) is 12.7. The highest BCUT2D eigenvalue weighted by Gasteiger charge is 2.47. The van der Waals surface area contributed by atoms with Gasteiger partial charge in [0.05, 0.1) is 36.4 Å². The van der Waals surface area contributed by atoms with E-state index in [9.17, 15) is 14.7 Å². The second kappa shape index (κ2) is 11.1. The summed E-state index contributed by atoms with van der Waals surface area (Å²) in [5.41, 5.74) is 2.92. The van der Waals surface area contributed by atoms with Crippen molar-refractivity contribution in [2.75, 3.05) is 57.1 Å². The van der Waals surface area contributed by atoms with Crippen molar-refractivity contribution in [2.24, 2.45) is 0 Å². The average molecular weight is 570 g/mol. The summed E-state index contributed by atoms with van der Waals surface area (Å²) in [6.45, 7) is 0. The predicted molar refractivity (Wildman–Crippen MR) is 156 cm³/mol. The molecular formula is C29H29Cl2N3O5. The van der Waals surface area contributed by atoms with Crippen LogP contribution in [0.5, 0.6) is 11.5 Å². The lowest BCUT2D eigenvalue weighted by molar-refractivity contribution is -0.132. The zero-order valence-corrected chi connectivity index (χ0v) is 24.0. The van der Waals surface area contributed by atoms with Crippen molar-refractivity contribution in [2.45, 2.75) is 6.04 Å². The zero-order valence-electron chi connectivity index (χ0n) is 22.5. The first kappa shape index (κ1) is 28.1. The molecule has 39 heavy (non-hydrogen) atoms. The molecule has 1 unspecified atom stereocenters. The molecule has 0 saturated carbocycles. The van der Waals surface area contributed by atoms with E-state index in [1.54, 1.807) is 12.1 Å². The van der Waals surface area contributed by atoms with Crippen LogP contribution in [0.2, 0.25) is 10.0 Å². The topological polar surface area (TPSA) is 82.5 Å². The fourth-order valence-electron chi connectivity index (χ4n) is 4.57. The Morgan fingerprint density at radius 1 is 0.846 bits per heavy atom. The van der Waals surface area contributed by atoms with Crippen LogP contribution >= 0.6 is 23.2 Å². The lowest BCUT2D eigenvalue weighted by Gasteiger charge is -2.26. The number of hydrogen-bond donors (Lipinski definition) is 1. The van der Waals surface area contributed by atoms with Gasteiger partial charge in [-0.1, -0.05) is 35.3 Å². The average Bonchev–Trinajstić information content (AvgIpc) is 3.18. The molecule has 0 aromatic heterocycles. The SMILES string of the molecule is COc1c(Cl)cc(/C(O)=C2\C(=O)C(=O)N(c3ccc(N(C)C)cc3)C2c2ccc(N(C)C)cc2)c(OC)c1Cl. The molecule has 1 saturated heterocycles. The fourth-order valence-corrected chi connectivity index (χ4v) is 5.26. The number of benzene rings is 3. The Morgan fingerprint density at radius 3 is 1.85 bits per heavy atom. The van der Waals surface area contributed by atoms with Crippen molar-refractivity contribution in [3.8, 4) is 11.5 Å². The molecular weight excluding hydrogens is 541 g/mol. The molecule has 1 fully saturated rings. The molecule has 0 aliphatic carbocycles. The van der Waals surface area contributed by atoms with Crippen LogP contribution in [0.25, 0.3) is 5.76 Å². The van der Waals surface area contributed by atoms with Gasteiger partial charge < -0.3 is 24.4 Å². The minimum absolute atomic E-state index is 0.0226. The molecule has 3 aromatic carbocycles. The van der Waals surface area contributed by atoms with Crippen LogP contribution in [0, 0.1) is 0 Å². The van der Waals surface area contributed by atoms with E-state index >= 15 is 0 Å². The molecule has 10 heteroatoms. The number of anilines is 3. The molecule has 1 amide bonds. The number of ether oxygens (including phenoxy) is 2. The van der Waals surface area contributed by atoms with Crippen LogP contribution < -0.4 is 24.2 Å². The van der Waals surface area contributed by atoms with E-state index in [0.717, 1.165) is 11.4 Å². The number of carbonyl (C=O) groups is 2. The highest BCUT2D eigenvalue weighted by atomic mass is 35.5. The number of nitrogens with zero attached hydrogens (tertiary/aromatic N) is 3. The van der Waals surface area contributed by atoms with E-state index < -0.39 is 23.5 Å². The Balaban J connectivity index is 1.98. The van der Waals surface area contributed by atoms with Crippen LogP contribution in [0.4, 0.5) is 17.1 Å². The standard InChI is InChI=1S/C29H29Cl2N3O5/c1-32(2)17-9-7-16(8-10-17)24-22(25(35)20-15-21(30)28(39-6)23(31)27(20)38-5)26(36)29(37)34(24)19-13-11-18(12-14-19)33(3)4/h7-15,24,35H,1-6H3/b25-22+. The highest BCUT2D eigenvalue weighted by molar-refractivity contribution is 6.52. The maximum atomic E-state index is 13.6. The van der Waals surface area contributed by atoms with Gasteiger partial charge in [-0.05, 0) is 48.0 Å². The third-order valence-corrected chi connectivity index (χ3v) is 7.23. The van der Waals surface area contributed by atoms with E-state index in [1.807, 2.05) is 74.4 Å². The maximum absolute atomic E-state index is 13.6. The second-order valence-electron chi connectivity index (χ2n) is 9.35. The van der Waals surface area contributed by atoms with Crippen molar-refractivity contribution in [1.29, 1.82) is 0 Å². The Hall–Kier alpha value is -3.88. The summed E-state index contributed by atoms with van der Waals surface area (Å²) in [4.78, 5) is 32.4. The molecule has 1 aliphatic heterocycles. The number of hydrogen-bond acceptors (Lipinski definition) is 7. The molecule has 0 radical (unpaired) electrons. The van der Waals surface area contributed by atoms with Gasteiger partial charge in [-0.3, -0.25) is 14.5 Å². The number of aliphatic hydroxyl groups is 1. The van der Waals surface area contributed by atoms with Gasteiger partial charge >= 0.3 is 0 Å². The largest absolute Gasteiger partial charge is 0.507 e. The normalized spacial score (nSPS) is 16.4. The van der Waals surface area contributed by atoms with E-state index in [-0.39, 0.29) is 32.7 Å². The highest BCUT2D eigenvalue weighted by Crippen LogP contribution is 2.48. The molecule has 3 aromatic rings. The summed E-state index contributed by atoms with van der Waals surface area (Å²) >= 11 is 12.8. The van der Waals surface area contributed by atoms with Gasteiger partial charge in [0.1, 0.15) is 10.8 Å². The summed E-state index contributed by atoms with van der Waals surface area (Å²) in [6.07, 6.45) is 0. The molecule has 8 nitrogen and oxygen atoms in total. The monoisotopic (exact) mass is 569 g/mol. The molecule has 1 N–H and O–H groups in total. The third kappa shape index (κ3) is 4.97. The van der Waals surface area contributed by atoms with Crippen LogP contribution in [-0.4, -0.2) is 59.2 Å². The molecule has 0 spiro atoms. The van der Waals surface area contributed by atoms with E-state index in [4.69, 9.17) is 32.7 Å². The third-order valence-electron chi connectivity index (χ3n) is 6.61. The molecule has 1 aliphatic rings. The number of methoxy groups -OCH3 is 2. The van der Waals surface area contributed by atoms with E-state index in [1.165, 1.54) is 25.2 Å². The Kier molecular flexibility index (Phi) is 7.99. The number of halogens is 2. The van der Waals surface area contributed by atoms with Crippen molar-refractivity contribution in [3.05, 3.63) is 81.3 Å². The second-order valence-corrected chi connectivity index (χ2v) is 10.1. The first-order chi connectivity index (χ1) is 18.5. The van der Waals surface area contributed by atoms with Gasteiger partial charge in [-0.25, -0.2) is 0 Å². The van der Waals surface area contributed by atoms with Crippen molar-refractivity contribution in [1.82, 2.24) is 0 Å². The maximum Gasteiger partial charge on any atom is 0.300 e. The number of Topliss-reactive ketones (excluding diaryl/α,β-unsaturated/α-hetero) is 1. The van der Waals surface area contributed by atoms with Gasteiger partial charge in [-0.2, -0.15) is 0 Å². The minimum Gasteiger partial charge on any atom is -0.507 e. The van der Waals surface area contributed by atoms with E-state index in [0.29, 0.717) is 11.3 Å². The predicted octanol–water partition coefficient (Wildman–Crippen LogP) is 5.77. The Labute approximate surface area is 237 Å². The smallest absolute Gasteiger partial charge is 0.300 e. The van der Waals surface area contributed by atoms with Gasteiger partial charge in [0, 0.05) is 45.3 Å². The number of amides is 1. The molecule has 204 valence electrons. The number of ketones is 1. The number of carbonyl (C=O) groups excluding carboxylic acids is 2. The summed E-state index contributed by atoms with van der Waals surface area (Å²) in [5, 5.41) is 11.7. The molecule has 1 heterocycles. The van der Waals surface area contributed by atoms with Gasteiger partial charge in [0.25, 0.3) is 11.7 Å². The van der Waals surface area contributed by atoms with Crippen molar-refractivity contribution in [3.63, 3.8) is 0 Å². The summed E-state index contributed by atoms with van der Waals surface area (Å²) in [5.74, 6) is -1.88. The van der Waals surface area contributed by atoms with E-state index in [2.05, 4.69) is 0 Å². The molecule has 1 atom stereocenters. The summed E-state index contributed by atoms with van der Waals surface area (Å²) < 4.78 is 10.7. The van der Waals surface area contributed by atoms with Crippen LogP contribution in [0.1, 0.15) is 17.2 Å². The lowest BCUT2D eigenvalue weighted by Crippen LogP contribution is -2.29.